The van der Waals surface area contributed by atoms with E-state index in [9.17, 15) is 0 Å². The van der Waals surface area contributed by atoms with Crippen LogP contribution in [0.4, 0.5) is 0 Å². The SMILES string of the molecule is c1c[nH]c(C2=NNC(c3ccc[nH]3)=NN2)c1. The van der Waals surface area contributed by atoms with Gasteiger partial charge in [0.05, 0.1) is 11.4 Å². The zero-order chi connectivity index (χ0) is 10.8. The minimum absolute atomic E-state index is 0.667. The maximum Gasteiger partial charge on any atom is 0.190 e. The van der Waals surface area contributed by atoms with Gasteiger partial charge < -0.3 is 9.97 Å². The molecule has 1 aliphatic heterocycles. The Bertz CT molecular complexity index is 469. The van der Waals surface area contributed by atoms with Crippen molar-refractivity contribution in [1.29, 1.82) is 0 Å². The summed E-state index contributed by atoms with van der Waals surface area (Å²) in [5.74, 6) is 1.33. The number of aromatic nitrogens is 2. The molecule has 0 aromatic carbocycles. The molecule has 3 heterocycles. The standard InChI is InChI=1S/C10H10N6/c1-3-7(11-5-1)9-13-15-10(16-14-9)8-4-2-6-12-8/h1-6,11-12H,(H,13,14)(H,15,16). The van der Waals surface area contributed by atoms with Crippen molar-refractivity contribution in [1.82, 2.24) is 20.8 Å². The molecule has 80 valence electrons. The molecule has 0 saturated carbocycles. The highest BCUT2D eigenvalue weighted by Crippen LogP contribution is 2.01. The van der Waals surface area contributed by atoms with E-state index in [0.717, 1.165) is 11.4 Å². The molecule has 4 N–H and O–H groups in total. The molecule has 6 heteroatoms. The van der Waals surface area contributed by atoms with Crippen molar-refractivity contribution < 1.29 is 0 Å². The van der Waals surface area contributed by atoms with E-state index in [4.69, 9.17) is 0 Å². The Morgan fingerprint density at radius 1 is 0.750 bits per heavy atom. The Kier molecular flexibility index (Phi) is 1.96. The molecular weight excluding hydrogens is 204 g/mol. The van der Waals surface area contributed by atoms with Crippen LogP contribution in [0.3, 0.4) is 0 Å². The molecule has 2 aromatic rings. The van der Waals surface area contributed by atoms with Gasteiger partial charge in [-0.05, 0) is 24.3 Å². The van der Waals surface area contributed by atoms with Gasteiger partial charge in [0.15, 0.2) is 11.7 Å². The molecule has 6 nitrogen and oxygen atoms in total. The predicted octanol–water partition coefficient (Wildman–Crippen LogP) is 0.559. The lowest BCUT2D eigenvalue weighted by Gasteiger charge is -2.12. The second-order valence-electron chi connectivity index (χ2n) is 3.31. The second kappa shape index (κ2) is 3.58. The van der Waals surface area contributed by atoms with E-state index < -0.39 is 0 Å². The Morgan fingerprint density at radius 3 is 1.56 bits per heavy atom. The van der Waals surface area contributed by atoms with Crippen molar-refractivity contribution in [2.75, 3.05) is 0 Å². The third kappa shape index (κ3) is 1.46. The van der Waals surface area contributed by atoms with Crippen LogP contribution in [0.15, 0.2) is 46.9 Å². The average Bonchev–Trinajstić information content (AvgIpc) is 3.03. The van der Waals surface area contributed by atoms with Crippen molar-refractivity contribution in [2.24, 2.45) is 10.2 Å². The van der Waals surface area contributed by atoms with Gasteiger partial charge in [-0.1, -0.05) is 0 Å². The minimum atomic E-state index is 0.667. The van der Waals surface area contributed by atoms with Crippen LogP contribution in [-0.4, -0.2) is 21.6 Å². The largest absolute Gasteiger partial charge is 0.359 e. The molecule has 0 spiro atoms. The summed E-state index contributed by atoms with van der Waals surface area (Å²) in [4.78, 5) is 6.09. The number of amidine groups is 2. The first kappa shape index (κ1) is 8.78. The highest BCUT2D eigenvalue weighted by Gasteiger charge is 2.11. The van der Waals surface area contributed by atoms with Gasteiger partial charge in [-0.25, -0.2) is 0 Å². The number of hydrazone groups is 2. The van der Waals surface area contributed by atoms with Crippen molar-refractivity contribution >= 4 is 11.7 Å². The van der Waals surface area contributed by atoms with Gasteiger partial charge in [0.25, 0.3) is 0 Å². The summed E-state index contributed by atoms with van der Waals surface area (Å²) in [5.41, 5.74) is 7.55. The van der Waals surface area contributed by atoms with E-state index in [1.54, 1.807) is 0 Å². The molecule has 2 aromatic heterocycles. The van der Waals surface area contributed by atoms with Crippen molar-refractivity contribution in [3.05, 3.63) is 48.0 Å². The maximum atomic E-state index is 4.18. The smallest absolute Gasteiger partial charge is 0.190 e. The van der Waals surface area contributed by atoms with E-state index >= 15 is 0 Å². The minimum Gasteiger partial charge on any atom is -0.359 e. The number of hydrogen-bond acceptors (Lipinski definition) is 4. The van der Waals surface area contributed by atoms with Gasteiger partial charge in [-0.15, -0.1) is 0 Å². The van der Waals surface area contributed by atoms with Gasteiger partial charge in [-0.2, -0.15) is 10.2 Å². The maximum absolute atomic E-state index is 4.18. The molecule has 3 rings (SSSR count). The average molecular weight is 214 g/mol. The summed E-state index contributed by atoms with van der Waals surface area (Å²) in [6, 6.07) is 7.65. The zero-order valence-electron chi connectivity index (χ0n) is 8.36. The van der Waals surface area contributed by atoms with Crippen LogP contribution in [0.1, 0.15) is 11.4 Å². The van der Waals surface area contributed by atoms with E-state index in [-0.39, 0.29) is 0 Å². The number of hydrogen-bond donors (Lipinski definition) is 4. The van der Waals surface area contributed by atoms with Crippen LogP contribution in [0.2, 0.25) is 0 Å². The van der Waals surface area contributed by atoms with E-state index in [1.165, 1.54) is 0 Å². The highest BCUT2D eigenvalue weighted by molar-refractivity contribution is 6.04. The molecule has 0 aliphatic carbocycles. The topological polar surface area (TPSA) is 80.4 Å². The molecule has 0 radical (unpaired) electrons. The van der Waals surface area contributed by atoms with Crippen LogP contribution in [0, 0.1) is 0 Å². The second-order valence-corrected chi connectivity index (χ2v) is 3.31. The lowest BCUT2D eigenvalue weighted by atomic mass is 10.4. The van der Waals surface area contributed by atoms with Gasteiger partial charge in [0, 0.05) is 12.4 Å². The Morgan fingerprint density at radius 2 is 1.25 bits per heavy atom. The van der Waals surface area contributed by atoms with Crippen LogP contribution in [0.5, 0.6) is 0 Å². The third-order valence-corrected chi connectivity index (χ3v) is 2.25. The van der Waals surface area contributed by atoms with E-state index in [0.29, 0.717) is 11.7 Å². The third-order valence-electron chi connectivity index (χ3n) is 2.25. The summed E-state index contributed by atoms with van der Waals surface area (Å²) < 4.78 is 0. The molecule has 0 saturated heterocycles. The molecule has 0 bridgehead atoms. The van der Waals surface area contributed by atoms with Gasteiger partial charge in [0.2, 0.25) is 0 Å². The summed E-state index contributed by atoms with van der Waals surface area (Å²) in [5, 5.41) is 8.37. The molecule has 0 amide bonds. The van der Waals surface area contributed by atoms with Crippen molar-refractivity contribution in [3.8, 4) is 0 Å². The molecule has 16 heavy (non-hydrogen) atoms. The van der Waals surface area contributed by atoms with Crippen LogP contribution in [-0.2, 0) is 0 Å². The van der Waals surface area contributed by atoms with Crippen molar-refractivity contribution in [2.45, 2.75) is 0 Å². The van der Waals surface area contributed by atoms with Crippen LogP contribution >= 0.6 is 0 Å². The normalized spacial score (nSPS) is 14.8. The lowest BCUT2D eigenvalue weighted by molar-refractivity contribution is 0.875. The summed E-state index contributed by atoms with van der Waals surface area (Å²) in [7, 11) is 0. The number of rotatable bonds is 2. The first-order chi connectivity index (χ1) is 7.93. The summed E-state index contributed by atoms with van der Waals surface area (Å²) in [6.45, 7) is 0. The molecule has 0 atom stereocenters. The quantitative estimate of drug-likeness (QED) is 0.589. The zero-order valence-corrected chi connectivity index (χ0v) is 8.36. The number of nitrogens with one attached hydrogen (secondary N) is 4. The fourth-order valence-corrected chi connectivity index (χ4v) is 1.46. The molecule has 0 unspecified atom stereocenters. The number of aromatic amines is 2. The molecule has 0 fully saturated rings. The Balaban J connectivity index is 1.79. The van der Waals surface area contributed by atoms with E-state index in [1.807, 2.05) is 36.7 Å². The van der Waals surface area contributed by atoms with Crippen LogP contribution in [0.25, 0.3) is 0 Å². The summed E-state index contributed by atoms with van der Waals surface area (Å²) >= 11 is 0. The number of nitrogens with zero attached hydrogens (tertiary/aromatic N) is 2. The van der Waals surface area contributed by atoms with Gasteiger partial charge in [0.1, 0.15) is 0 Å². The number of H-pyrrole nitrogens is 2. The fourth-order valence-electron chi connectivity index (χ4n) is 1.46. The van der Waals surface area contributed by atoms with Gasteiger partial charge >= 0.3 is 0 Å². The fraction of sp³-hybridized carbons (Fsp3) is 0. The Labute approximate surface area is 91.5 Å². The highest BCUT2D eigenvalue weighted by atomic mass is 15.5. The van der Waals surface area contributed by atoms with Gasteiger partial charge in [-0.3, -0.25) is 10.9 Å². The first-order valence-electron chi connectivity index (χ1n) is 4.88. The summed E-state index contributed by atoms with van der Waals surface area (Å²) in [6.07, 6.45) is 3.67. The first-order valence-corrected chi connectivity index (χ1v) is 4.88. The molecular formula is C10H10N6. The van der Waals surface area contributed by atoms with E-state index in [2.05, 4.69) is 31.0 Å². The lowest BCUT2D eigenvalue weighted by Crippen LogP contribution is -2.34. The predicted molar refractivity (Wildman–Crippen MR) is 60.9 cm³/mol. The Hall–Kier alpha value is -2.50. The molecule has 1 aliphatic rings. The van der Waals surface area contributed by atoms with Crippen LogP contribution < -0.4 is 10.9 Å². The van der Waals surface area contributed by atoms with Crippen molar-refractivity contribution in [3.63, 3.8) is 0 Å². The monoisotopic (exact) mass is 214 g/mol.